The molecule has 1 aromatic heterocycles. The lowest BCUT2D eigenvalue weighted by Gasteiger charge is -2.23. The van der Waals surface area contributed by atoms with Crippen LogP contribution in [0.2, 0.25) is 0 Å². The predicted octanol–water partition coefficient (Wildman–Crippen LogP) is 3.75. The number of thiophene rings is 1. The molecule has 2 N–H and O–H groups in total. The number of ether oxygens (including phenoxy) is 2. The predicted molar refractivity (Wildman–Crippen MR) is 83.1 cm³/mol. The molecule has 0 amide bonds. The zero-order chi connectivity index (χ0) is 14.4. The highest BCUT2D eigenvalue weighted by molar-refractivity contribution is 7.10. The van der Waals surface area contributed by atoms with Gasteiger partial charge in [0.05, 0.1) is 6.61 Å². The molecule has 2 unspecified atom stereocenters. The van der Waals surface area contributed by atoms with Crippen LogP contribution < -0.4 is 10.5 Å². The lowest BCUT2D eigenvalue weighted by Crippen LogP contribution is -2.30. The Labute approximate surface area is 124 Å². The molecule has 2 atom stereocenters. The van der Waals surface area contributed by atoms with Gasteiger partial charge in [0.2, 0.25) is 0 Å². The maximum absolute atomic E-state index is 6.21. The van der Waals surface area contributed by atoms with Crippen LogP contribution in [-0.2, 0) is 11.3 Å². The Kier molecular flexibility index (Phi) is 5.59. The number of methoxy groups -OCH3 is 1. The zero-order valence-corrected chi connectivity index (χ0v) is 12.7. The fourth-order valence-electron chi connectivity index (χ4n) is 2.05. The zero-order valence-electron chi connectivity index (χ0n) is 11.9. The van der Waals surface area contributed by atoms with Crippen LogP contribution in [0, 0.1) is 0 Å². The molecule has 0 spiro atoms. The summed E-state index contributed by atoms with van der Waals surface area (Å²) in [6.45, 7) is 2.66. The highest BCUT2D eigenvalue weighted by Crippen LogP contribution is 2.29. The third kappa shape index (κ3) is 3.82. The highest BCUT2D eigenvalue weighted by atomic mass is 32.1. The van der Waals surface area contributed by atoms with Crippen molar-refractivity contribution in [2.45, 2.75) is 32.1 Å². The Morgan fingerprint density at radius 2 is 2.10 bits per heavy atom. The fraction of sp³-hybridized carbons (Fsp3) is 0.375. The molecular weight excluding hydrogens is 270 g/mol. The Bertz CT molecular complexity index is 513. The molecule has 4 heteroatoms. The third-order valence-electron chi connectivity index (χ3n) is 3.16. The first-order chi connectivity index (χ1) is 9.74. The van der Waals surface area contributed by atoms with Crippen LogP contribution in [0.25, 0.3) is 0 Å². The van der Waals surface area contributed by atoms with Crippen molar-refractivity contribution in [1.29, 1.82) is 0 Å². The van der Waals surface area contributed by atoms with Gasteiger partial charge in [-0.25, -0.2) is 0 Å². The summed E-state index contributed by atoms with van der Waals surface area (Å²) in [4.78, 5) is 1.16. The number of hydrogen-bond acceptors (Lipinski definition) is 4. The lowest BCUT2D eigenvalue weighted by atomic mass is 10.1. The number of rotatable bonds is 7. The minimum Gasteiger partial charge on any atom is -0.483 e. The normalized spacial score (nSPS) is 13.9. The number of nitrogens with two attached hydrogens (primary N) is 1. The summed E-state index contributed by atoms with van der Waals surface area (Å²) >= 11 is 1.68. The van der Waals surface area contributed by atoms with Gasteiger partial charge in [0.25, 0.3) is 0 Å². The molecule has 0 fully saturated rings. The van der Waals surface area contributed by atoms with Gasteiger partial charge in [0.15, 0.2) is 0 Å². The maximum Gasteiger partial charge on any atom is 0.148 e. The quantitative estimate of drug-likeness (QED) is 0.845. The van der Waals surface area contributed by atoms with Gasteiger partial charge in [0, 0.05) is 18.0 Å². The number of benzene rings is 1. The topological polar surface area (TPSA) is 44.5 Å². The van der Waals surface area contributed by atoms with E-state index < -0.39 is 0 Å². The van der Waals surface area contributed by atoms with Crippen molar-refractivity contribution in [1.82, 2.24) is 0 Å². The first-order valence-corrected chi connectivity index (χ1v) is 7.66. The average molecular weight is 291 g/mol. The van der Waals surface area contributed by atoms with E-state index in [1.807, 2.05) is 30.3 Å². The summed E-state index contributed by atoms with van der Waals surface area (Å²) in [6.07, 6.45) is 0.776. The Hall–Kier alpha value is -1.36. The Balaban J connectivity index is 2.17. The van der Waals surface area contributed by atoms with Gasteiger partial charge < -0.3 is 15.2 Å². The van der Waals surface area contributed by atoms with E-state index in [0.717, 1.165) is 22.6 Å². The van der Waals surface area contributed by atoms with Crippen LogP contribution in [-0.4, -0.2) is 13.2 Å². The first-order valence-electron chi connectivity index (χ1n) is 6.78. The monoisotopic (exact) mass is 291 g/mol. The standard InChI is InChI=1S/C16H21NO2S/c1-3-14(17)16(15-8-5-9-20-15)19-13-7-4-6-12(10-13)11-18-2/h4-10,14,16H,3,11,17H2,1-2H3. The van der Waals surface area contributed by atoms with Crippen LogP contribution in [0.1, 0.15) is 29.9 Å². The lowest BCUT2D eigenvalue weighted by molar-refractivity contribution is 0.171. The molecule has 108 valence electrons. The van der Waals surface area contributed by atoms with E-state index in [-0.39, 0.29) is 12.1 Å². The van der Waals surface area contributed by atoms with Crippen molar-refractivity contribution in [2.24, 2.45) is 5.73 Å². The van der Waals surface area contributed by atoms with E-state index in [1.54, 1.807) is 18.4 Å². The molecule has 0 aliphatic carbocycles. The van der Waals surface area contributed by atoms with Crippen molar-refractivity contribution in [3.05, 3.63) is 52.2 Å². The molecule has 1 aromatic carbocycles. The Morgan fingerprint density at radius 3 is 2.75 bits per heavy atom. The minimum absolute atomic E-state index is 0.0141. The summed E-state index contributed by atoms with van der Waals surface area (Å²) in [5.74, 6) is 0.835. The SMILES string of the molecule is CCC(N)C(Oc1cccc(COC)c1)c1cccs1. The summed E-state index contributed by atoms with van der Waals surface area (Å²) in [5.41, 5.74) is 7.31. The largest absolute Gasteiger partial charge is 0.483 e. The Morgan fingerprint density at radius 1 is 1.25 bits per heavy atom. The van der Waals surface area contributed by atoms with Gasteiger partial charge in [-0.3, -0.25) is 0 Å². The average Bonchev–Trinajstić information content (AvgIpc) is 2.99. The fourth-order valence-corrected chi connectivity index (χ4v) is 2.87. The van der Waals surface area contributed by atoms with Crippen LogP contribution in [0.15, 0.2) is 41.8 Å². The van der Waals surface area contributed by atoms with Crippen LogP contribution >= 0.6 is 11.3 Å². The van der Waals surface area contributed by atoms with Gasteiger partial charge in [-0.2, -0.15) is 0 Å². The highest BCUT2D eigenvalue weighted by Gasteiger charge is 2.21. The molecule has 0 aliphatic rings. The number of hydrogen-bond donors (Lipinski definition) is 1. The van der Waals surface area contributed by atoms with Crippen molar-refractivity contribution in [3.63, 3.8) is 0 Å². The van der Waals surface area contributed by atoms with E-state index in [0.29, 0.717) is 6.61 Å². The minimum atomic E-state index is -0.0993. The second kappa shape index (κ2) is 7.43. The van der Waals surface area contributed by atoms with Crippen molar-refractivity contribution >= 4 is 11.3 Å². The molecule has 3 nitrogen and oxygen atoms in total. The second-order valence-corrected chi connectivity index (χ2v) is 5.69. The molecule has 0 saturated heterocycles. The van der Waals surface area contributed by atoms with Crippen LogP contribution in [0.3, 0.4) is 0 Å². The summed E-state index contributed by atoms with van der Waals surface area (Å²) in [7, 11) is 1.69. The van der Waals surface area contributed by atoms with E-state index in [2.05, 4.69) is 18.4 Å². The van der Waals surface area contributed by atoms with Gasteiger partial charge in [-0.1, -0.05) is 25.1 Å². The van der Waals surface area contributed by atoms with Crippen LogP contribution in [0.4, 0.5) is 0 Å². The molecule has 2 rings (SSSR count). The molecule has 0 radical (unpaired) electrons. The van der Waals surface area contributed by atoms with Crippen LogP contribution in [0.5, 0.6) is 5.75 Å². The third-order valence-corrected chi connectivity index (χ3v) is 4.09. The van der Waals surface area contributed by atoms with E-state index in [9.17, 15) is 0 Å². The molecule has 0 aliphatic heterocycles. The van der Waals surface area contributed by atoms with Gasteiger partial charge in [-0.05, 0) is 35.6 Å². The summed E-state index contributed by atoms with van der Waals surface area (Å²) < 4.78 is 11.3. The second-order valence-electron chi connectivity index (χ2n) is 4.71. The molecule has 0 bridgehead atoms. The van der Waals surface area contributed by atoms with Gasteiger partial charge in [0.1, 0.15) is 11.9 Å². The molecule has 1 heterocycles. The summed E-state index contributed by atoms with van der Waals surface area (Å²) in [6, 6.07) is 12.1. The molecule has 20 heavy (non-hydrogen) atoms. The smallest absolute Gasteiger partial charge is 0.148 e. The van der Waals surface area contributed by atoms with Crippen molar-refractivity contribution in [2.75, 3.05) is 7.11 Å². The molecule has 2 aromatic rings. The molecular formula is C16H21NO2S. The van der Waals surface area contributed by atoms with Gasteiger partial charge >= 0.3 is 0 Å². The van der Waals surface area contributed by atoms with Crippen molar-refractivity contribution in [3.8, 4) is 5.75 Å². The maximum atomic E-state index is 6.21. The van der Waals surface area contributed by atoms with Crippen molar-refractivity contribution < 1.29 is 9.47 Å². The summed E-state index contributed by atoms with van der Waals surface area (Å²) in [5, 5.41) is 2.05. The first kappa shape index (κ1) is 15.0. The van der Waals surface area contributed by atoms with E-state index >= 15 is 0 Å². The van der Waals surface area contributed by atoms with Gasteiger partial charge in [-0.15, -0.1) is 11.3 Å². The van der Waals surface area contributed by atoms with E-state index in [1.165, 1.54) is 0 Å². The molecule has 0 saturated carbocycles. The van der Waals surface area contributed by atoms with E-state index in [4.69, 9.17) is 15.2 Å².